The van der Waals surface area contributed by atoms with Crippen LogP contribution in [-0.2, 0) is 4.57 Å². The summed E-state index contributed by atoms with van der Waals surface area (Å²) in [5, 5.41) is 23.2. The van der Waals surface area contributed by atoms with Crippen LogP contribution >= 0.6 is 15.7 Å². The van der Waals surface area contributed by atoms with Crippen LogP contribution in [0.3, 0.4) is 0 Å². The maximum atomic E-state index is 10.2. The van der Waals surface area contributed by atoms with Crippen molar-refractivity contribution >= 4 is 31.7 Å². The number of para-hydroxylation sites is 2. The van der Waals surface area contributed by atoms with Crippen molar-refractivity contribution in [1.82, 2.24) is 0 Å². The summed E-state index contributed by atoms with van der Waals surface area (Å²) in [6.07, 6.45) is 0. The van der Waals surface area contributed by atoms with E-state index in [1.165, 1.54) is 0 Å². The molecule has 0 radical (unpaired) electrons. The van der Waals surface area contributed by atoms with Crippen molar-refractivity contribution < 1.29 is 29.5 Å². The Labute approximate surface area is 152 Å². The van der Waals surface area contributed by atoms with Gasteiger partial charge in [0.1, 0.15) is 11.5 Å². The molecule has 0 atom stereocenters. The zero-order valence-corrected chi connectivity index (χ0v) is 15.3. The van der Waals surface area contributed by atoms with Crippen LogP contribution in [0.15, 0.2) is 78.9 Å². The Morgan fingerprint density at radius 1 is 0.615 bits per heavy atom. The molecular weight excluding hydrogens is 374 g/mol. The summed E-state index contributed by atoms with van der Waals surface area (Å²) >= 11 is 0. The highest BCUT2D eigenvalue weighted by molar-refractivity contribution is 7.80. The van der Waals surface area contributed by atoms with Crippen LogP contribution in [0, 0.1) is 0 Å². The van der Waals surface area contributed by atoms with Crippen molar-refractivity contribution in [3.63, 3.8) is 0 Å². The van der Waals surface area contributed by atoms with Gasteiger partial charge in [0, 0.05) is 10.6 Å². The average molecular weight is 392 g/mol. The predicted octanol–water partition coefficient (Wildman–Crippen LogP) is 1.93. The van der Waals surface area contributed by atoms with Crippen LogP contribution in [0.2, 0.25) is 0 Å². The molecule has 0 bridgehead atoms. The van der Waals surface area contributed by atoms with Crippen molar-refractivity contribution in [2.24, 2.45) is 0 Å². The molecule has 8 heteroatoms. The molecule has 0 amide bonds. The summed E-state index contributed by atoms with van der Waals surface area (Å²) in [6, 6.07) is 24.6. The van der Waals surface area contributed by atoms with Crippen LogP contribution in [0.25, 0.3) is 0 Å². The number of phosphoric acid groups is 1. The standard InChI is InChI=1S/C18H15O2P.H3O4P/c19-15-10-4-6-12-17(15)21(14-8-2-1-3-9-14)18-13-7-5-11-16(18)20;1-5(2,3)4/h1-13,19-20H;(H3,1,2,3,4). The normalized spacial score (nSPS) is 10.9. The van der Waals surface area contributed by atoms with E-state index < -0.39 is 15.7 Å². The monoisotopic (exact) mass is 392 g/mol. The Morgan fingerprint density at radius 3 is 1.35 bits per heavy atom. The Bertz CT molecular complexity index is 841. The van der Waals surface area contributed by atoms with Crippen LogP contribution in [0.4, 0.5) is 0 Å². The number of hydrogen-bond acceptors (Lipinski definition) is 3. The number of hydrogen-bond donors (Lipinski definition) is 5. The zero-order valence-electron chi connectivity index (χ0n) is 13.5. The predicted molar refractivity (Wildman–Crippen MR) is 103 cm³/mol. The molecule has 0 saturated heterocycles. The van der Waals surface area contributed by atoms with Gasteiger partial charge in [-0.25, -0.2) is 4.57 Å². The molecule has 0 aliphatic carbocycles. The van der Waals surface area contributed by atoms with E-state index in [4.69, 9.17) is 19.2 Å². The maximum Gasteiger partial charge on any atom is 0.466 e. The third kappa shape index (κ3) is 5.95. The van der Waals surface area contributed by atoms with Crippen LogP contribution in [-0.4, -0.2) is 24.9 Å². The fourth-order valence-corrected chi connectivity index (χ4v) is 4.66. The lowest BCUT2D eigenvalue weighted by Crippen LogP contribution is -2.21. The van der Waals surface area contributed by atoms with Gasteiger partial charge in [0.05, 0.1) is 0 Å². The van der Waals surface area contributed by atoms with E-state index in [2.05, 4.69) is 0 Å². The number of rotatable bonds is 3. The molecule has 136 valence electrons. The van der Waals surface area contributed by atoms with Gasteiger partial charge < -0.3 is 24.9 Å². The van der Waals surface area contributed by atoms with Crippen molar-refractivity contribution in [3.8, 4) is 11.5 Å². The molecule has 26 heavy (non-hydrogen) atoms. The quantitative estimate of drug-likeness (QED) is 0.435. The summed E-state index contributed by atoms with van der Waals surface area (Å²) in [5.41, 5.74) is 0. The van der Waals surface area contributed by atoms with Gasteiger partial charge in [-0.3, -0.25) is 0 Å². The first-order valence-corrected chi connectivity index (χ1v) is 10.4. The summed E-state index contributed by atoms with van der Waals surface area (Å²) in [4.78, 5) is 21.6. The summed E-state index contributed by atoms with van der Waals surface area (Å²) in [5.74, 6) is 0.520. The molecule has 0 spiro atoms. The van der Waals surface area contributed by atoms with E-state index in [0.29, 0.717) is 0 Å². The molecule has 0 aliphatic heterocycles. The molecule has 5 N–H and O–H groups in total. The van der Waals surface area contributed by atoms with Crippen molar-refractivity contribution in [1.29, 1.82) is 0 Å². The molecule has 0 aliphatic rings. The third-order valence-electron chi connectivity index (χ3n) is 3.26. The third-order valence-corrected chi connectivity index (χ3v) is 5.79. The van der Waals surface area contributed by atoms with Crippen LogP contribution < -0.4 is 15.9 Å². The fraction of sp³-hybridized carbons (Fsp3) is 0. The summed E-state index contributed by atoms with van der Waals surface area (Å²) in [7, 11) is -5.63. The van der Waals surface area contributed by atoms with E-state index in [1.54, 1.807) is 12.1 Å². The second-order valence-corrected chi connectivity index (χ2v) is 8.34. The van der Waals surface area contributed by atoms with Crippen molar-refractivity contribution in [2.75, 3.05) is 0 Å². The van der Waals surface area contributed by atoms with Gasteiger partial charge in [-0.2, -0.15) is 0 Å². The topological polar surface area (TPSA) is 118 Å². The molecule has 0 fully saturated rings. The van der Waals surface area contributed by atoms with Crippen LogP contribution in [0.1, 0.15) is 0 Å². The van der Waals surface area contributed by atoms with Gasteiger partial charge >= 0.3 is 7.82 Å². The summed E-state index contributed by atoms with van der Waals surface area (Å²) < 4.78 is 8.88. The van der Waals surface area contributed by atoms with E-state index >= 15 is 0 Å². The van der Waals surface area contributed by atoms with Gasteiger partial charge in [-0.1, -0.05) is 66.7 Å². The van der Waals surface area contributed by atoms with Gasteiger partial charge in [-0.15, -0.1) is 0 Å². The molecule has 3 aromatic rings. The van der Waals surface area contributed by atoms with Gasteiger partial charge in [-0.05, 0) is 25.4 Å². The molecule has 6 nitrogen and oxygen atoms in total. The Hall–Kier alpha value is -2.20. The SMILES string of the molecule is O=P(O)(O)O.Oc1ccccc1P(c1ccccc1)c1ccccc1O. The van der Waals surface area contributed by atoms with Gasteiger partial charge in [0.25, 0.3) is 0 Å². The van der Waals surface area contributed by atoms with E-state index in [9.17, 15) is 10.2 Å². The van der Waals surface area contributed by atoms with Crippen LogP contribution in [0.5, 0.6) is 11.5 Å². The molecule has 0 unspecified atom stereocenters. The molecule has 0 saturated carbocycles. The average Bonchev–Trinajstić information content (AvgIpc) is 2.58. The Morgan fingerprint density at radius 2 is 0.962 bits per heavy atom. The Balaban J connectivity index is 0.000000431. The molecule has 3 rings (SSSR count). The maximum absolute atomic E-state index is 10.2. The van der Waals surface area contributed by atoms with Gasteiger partial charge in [0.2, 0.25) is 0 Å². The number of benzene rings is 3. The number of phenolic OH excluding ortho intramolecular Hbond substituents is 2. The fourth-order valence-electron chi connectivity index (χ4n) is 2.29. The lowest BCUT2D eigenvalue weighted by atomic mass is 10.3. The first-order chi connectivity index (χ1) is 12.3. The second-order valence-electron chi connectivity index (χ2n) is 5.16. The zero-order chi connectivity index (χ0) is 19.2. The molecule has 0 heterocycles. The largest absolute Gasteiger partial charge is 0.507 e. The first kappa shape index (κ1) is 20.1. The lowest BCUT2D eigenvalue weighted by Gasteiger charge is -2.20. The van der Waals surface area contributed by atoms with E-state index in [0.717, 1.165) is 15.9 Å². The molecular formula is C18H18O6P2. The highest BCUT2D eigenvalue weighted by atomic mass is 31.2. The number of phenols is 2. The first-order valence-electron chi connectivity index (χ1n) is 7.47. The smallest absolute Gasteiger partial charge is 0.466 e. The molecule has 0 aromatic heterocycles. The van der Waals surface area contributed by atoms with E-state index in [1.807, 2.05) is 66.7 Å². The number of aromatic hydroxyl groups is 2. The highest BCUT2D eigenvalue weighted by Gasteiger charge is 2.21. The lowest BCUT2D eigenvalue weighted by molar-refractivity contribution is 0.275. The Kier molecular flexibility index (Phi) is 6.92. The van der Waals surface area contributed by atoms with Crippen molar-refractivity contribution in [3.05, 3.63) is 78.9 Å². The minimum atomic E-state index is -4.64. The van der Waals surface area contributed by atoms with E-state index in [-0.39, 0.29) is 11.5 Å². The highest BCUT2D eigenvalue weighted by Crippen LogP contribution is 2.38. The van der Waals surface area contributed by atoms with Gasteiger partial charge in [0.15, 0.2) is 0 Å². The minimum absolute atomic E-state index is 0.260. The summed E-state index contributed by atoms with van der Waals surface area (Å²) in [6.45, 7) is 0. The van der Waals surface area contributed by atoms with Crippen molar-refractivity contribution in [2.45, 2.75) is 0 Å². The second kappa shape index (κ2) is 8.95. The molecule has 3 aromatic carbocycles. The minimum Gasteiger partial charge on any atom is -0.507 e.